The molecule has 0 aromatic carbocycles. The van der Waals surface area contributed by atoms with Crippen molar-refractivity contribution in [2.45, 2.75) is 271 Å². The van der Waals surface area contributed by atoms with Gasteiger partial charge in [-0.15, -0.1) is 0 Å². The molecule has 0 aromatic rings. The predicted molar refractivity (Wildman–Crippen MR) is 252 cm³/mol. The van der Waals surface area contributed by atoms with Crippen LogP contribution in [0.2, 0.25) is 0 Å². The van der Waals surface area contributed by atoms with E-state index in [1.165, 1.54) is 167 Å². The molecule has 5 nitrogen and oxygen atoms in total. The third-order valence-electron chi connectivity index (χ3n) is 11.2. The van der Waals surface area contributed by atoms with Gasteiger partial charge < -0.3 is 14.2 Å². The highest BCUT2D eigenvalue weighted by atomic mass is 16.6. The van der Waals surface area contributed by atoms with Gasteiger partial charge in [0.25, 0.3) is 0 Å². The van der Waals surface area contributed by atoms with Gasteiger partial charge in [0.1, 0.15) is 6.61 Å². The molecule has 5 heteroatoms. The van der Waals surface area contributed by atoms with Crippen molar-refractivity contribution in [1.82, 2.24) is 0 Å². The second-order valence-corrected chi connectivity index (χ2v) is 17.1. The van der Waals surface area contributed by atoms with Gasteiger partial charge in [-0.3, -0.25) is 9.59 Å². The predicted octanol–water partition coefficient (Wildman–Crippen LogP) is 17.0. The molecule has 0 rings (SSSR count). The third kappa shape index (κ3) is 46.8. The molecule has 0 aliphatic carbocycles. The standard InChI is InChI=1S/C53H98O5/c1-4-7-10-13-16-19-22-25-26-27-30-33-36-39-42-45-48-56-49-51(58-53(55)47-44-41-38-35-32-29-24-21-18-15-12-9-6-3)50-57-52(54)46-43-40-37-34-31-28-23-20-17-14-11-8-5-2/h7,10,16,19,25-26,51H,4-6,8-9,11-15,17-18,20-24,27-50H2,1-3H3/b10-7-,19-16-,26-25-. The SMILES string of the molecule is CC/C=C\C/C=C\C/C=C\CCCCCCCCOCC(COC(=O)CCCCCCCCCCCCCCC)OC(=O)CCCCCCCCCCCCCCC. The van der Waals surface area contributed by atoms with E-state index in [4.69, 9.17) is 14.2 Å². The molecule has 0 heterocycles. The summed E-state index contributed by atoms with van der Waals surface area (Å²) in [5.41, 5.74) is 0. The van der Waals surface area contributed by atoms with Crippen LogP contribution in [0.5, 0.6) is 0 Å². The second-order valence-electron chi connectivity index (χ2n) is 17.1. The van der Waals surface area contributed by atoms with Crippen LogP contribution in [-0.2, 0) is 23.8 Å². The molecule has 0 N–H and O–H groups in total. The maximum absolute atomic E-state index is 12.8. The van der Waals surface area contributed by atoms with Gasteiger partial charge in [0, 0.05) is 19.4 Å². The molecule has 0 aromatic heterocycles. The molecule has 0 aliphatic heterocycles. The lowest BCUT2D eigenvalue weighted by Crippen LogP contribution is -2.30. The van der Waals surface area contributed by atoms with E-state index in [0.717, 1.165) is 64.2 Å². The first-order chi connectivity index (χ1) is 28.6. The zero-order valence-electron chi connectivity index (χ0n) is 39.1. The Kier molecular flexibility index (Phi) is 47.9. The van der Waals surface area contributed by atoms with Crippen molar-refractivity contribution in [3.63, 3.8) is 0 Å². The molecule has 1 atom stereocenters. The molecular weight excluding hydrogens is 717 g/mol. The molecule has 0 spiro atoms. The highest BCUT2D eigenvalue weighted by Crippen LogP contribution is 2.16. The number of esters is 2. The van der Waals surface area contributed by atoms with Crippen LogP contribution in [0.1, 0.15) is 265 Å². The lowest BCUT2D eigenvalue weighted by molar-refractivity contribution is -0.163. The van der Waals surface area contributed by atoms with Crippen LogP contribution >= 0.6 is 0 Å². The van der Waals surface area contributed by atoms with Gasteiger partial charge >= 0.3 is 11.9 Å². The first-order valence-corrected chi connectivity index (χ1v) is 25.5. The molecular formula is C53H98O5. The average molecular weight is 815 g/mol. The summed E-state index contributed by atoms with van der Waals surface area (Å²) in [7, 11) is 0. The summed E-state index contributed by atoms with van der Waals surface area (Å²) < 4.78 is 17.4. The number of rotatable bonds is 47. The molecule has 0 radical (unpaired) electrons. The zero-order valence-corrected chi connectivity index (χ0v) is 39.1. The first-order valence-electron chi connectivity index (χ1n) is 25.5. The van der Waals surface area contributed by atoms with Crippen molar-refractivity contribution in [2.24, 2.45) is 0 Å². The normalized spacial score (nSPS) is 12.4. The summed E-state index contributed by atoms with van der Waals surface area (Å²) in [5.74, 6) is -0.390. The Labute approximate surface area is 361 Å². The number of carbonyl (C=O) groups is 2. The van der Waals surface area contributed by atoms with Gasteiger partial charge in [-0.05, 0) is 51.4 Å². The minimum Gasteiger partial charge on any atom is -0.462 e. The highest BCUT2D eigenvalue weighted by Gasteiger charge is 2.17. The molecule has 1 unspecified atom stereocenters. The van der Waals surface area contributed by atoms with Crippen LogP contribution in [-0.4, -0.2) is 37.9 Å². The molecule has 58 heavy (non-hydrogen) atoms. The number of unbranched alkanes of at least 4 members (excludes halogenated alkanes) is 30. The fourth-order valence-corrected chi connectivity index (χ4v) is 7.41. The molecule has 0 amide bonds. The molecule has 0 saturated carbocycles. The lowest BCUT2D eigenvalue weighted by atomic mass is 10.0. The van der Waals surface area contributed by atoms with E-state index in [1.807, 2.05) is 0 Å². The fourth-order valence-electron chi connectivity index (χ4n) is 7.41. The van der Waals surface area contributed by atoms with Crippen LogP contribution in [0.3, 0.4) is 0 Å². The van der Waals surface area contributed by atoms with E-state index >= 15 is 0 Å². The van der Waals surface area contributed by atoms with Crippen LogP contribution in [0.15, 0.2) is 36.5 Å². The van der Waals surface area contributed by atoms with Crippen molar-refractivity contribution >= 4 is 11.9 Å². The average Bonchev–Trinajstić information content (AvgIpc) is 3.22. The van der Waals surface area contributed by atoms with Crippen LogP contribution in [0.25, 0.3) is 0 Å². The van der Waals surface area contributed by atoms with Crippen molar-refractivity contribution in [1.29, 1.82) is 0 Å². The minimum absolute atomic E-state index is 0.0860. The Hall–Kier alpha value is -1.88. The van der Waals surface area contributed by atoms with Gasteiger partial charge in [0.15, 0.2) is 6.10 Å². The Morgan fingerprint density at radius 1 is 0.397 bits per heavy atom. The smallest absolute Gasteiger partial charge is 0.306 e. The van der Waals surface area contributed by atoms with Crippen molar-refractivity contribution < 1.29 is 23.8 Å². The third-order valence-corrected chi connectivity index (χ3v) is 11.2. The zero-order chi connectivity index (χ0) is 42.1. The number of carbonyl (C=O) groups excluding carboxylic acids is 2. The van der Waals surface area contributed by atoms with E-state index in [0.29, 0.717) is 19.4 Å². The minimum atomic E-state index is -0.536. The maximum atomic E-state index is 12.8. The van der Waals surface area contributed by atoms with Crippen LogP contribution in [0, 0.1) is 0 Å². The van der Waals surface area contributed by atoms with E-state index in [1.54, 1.807) is 0 Å². The lowest BCUT2D eigenvalue weighted by Gasteiger charge is -2.18. The summed E-state index contributed by atoms with van der Waals surface area (Å²) in [6.45, 7) is 7.73. The van der Waals surface area contributed by atoms with Gasteiger partial charge in [0.05, 0.1) is 6.61 Å². The summed E-state index contributed by atoms with van der Waals surface area (Å²) in [5, 5.41) is 0. The summed E-state index contributed by atoms with van der Waals surface area (Å²) in [4.78, 5) is 25.3. The van der Waals surface area contributed by atoms with Gasteiger partial charge in [-0.25, -0.2) is 0 Å². The highest BCUT2D eigenvalue weighted by molar-refractivity contribution is 5.70. The van der Waals surface area contributed by atoms with Gasteiger partial charge in [-0.1, -0.05) is 237 Å². The number of allylic oxidation sites excluding steroid dienone is 6. The summed E-state index contributed by atoms with van der Waals surface area (Å²) >= 11 is 0. The topological polar surface area (TPSA) is 61.8 Å². The molecule has 0 bridgehead atoms. The Bertz CT molecular complexity index is 924. The molecule has 340 valence electrons. The van der Waals surface area contributed by atoms with Gasteiger partial charge in [-0.2, -0.15) is 0 Å². The van der Waals surface area contributed by atoms with E-state index in [9.17, 15) is 9.59 Å². The number of hydrogen-bond acceptors (Lipinski definition) is 5. The second kappa shape index (κ2) is 49.5. The molecule has 0 saturated heterocycles. The maximum Gasteiger partial charge on any atom is 0.306 e. The van der Waals surface area contributed by atoms with Crippen LogP contribution < -0.4 is 0 Å². The summed E-state index contributed by atoms with van der Waals surface area (Å²) in [6, 6.07) is 0. The molecule has 0 fully saturated rings. The van der Waals surface area contributed by atoms with Crippen molar-refractivity contribution in [2.75, 3.05) is 19.8 Å². The monoisotopic (exact) mass is 815 g/mol. The van der Waals surface area contributed by atoms with E-state index < -0.39 is 6.10 Å². The fraction of sp³-hybridized carbons (Fsp3) is 0.849. The van der Waals surface area contributed by atoms with Crippen LogP contribution in [0.4, 0.5) is 0 Å². The van der Waals surface area contributed by atoms with E-state index in [2.05, 4.69) is 57.2 Å². The largest absolute Gasteiger partial charge is 0.462 e. The van der Waals surface area contributed by atoms with E-state index in [-0.39, 0.29) is 25.2 Å². The Morgan fingerprint density at radius 3 is 1.24 bits per heavy atom. The number of hydrogen-bond donors (Lipinski definition) is 0. The van der Waals surface area contributed by atoms with Crippen molar-refractivity contribution in [3.05, 3.63) is 36.5 Å². The quantitative estimate of drug-likeness (QED) is 0.0348. The van der Waals surface area contributed by atoms with Gasteiger partial charge in [0.2, 0.25) is 0 Å². The Morgan fingerprint density at radius 2 is 0.776 bits per heavy atom. The first kappa shape index (κ1) is 56.1. The van der Waals surface area contributed by atoms with Crippen molar-refractivity contribution in [3.8, 4) is 0 Å². The number of ether oxygens (including phenoxy) is 3. The summed E-state index contributed by atoms with van der Waals surface area (Å²) in [6.07, 6.45) is 58.6. The molecule has 0 aliphatic rings. The Balaban J connectivity index is 4.25.